The lowest BCUT2D eigenvalue weighted by molar-refractivity contribution is 0.401. The second-order valence-corrected chi connectivity index (χ2v) is 9.10. The van der Waals surface area contributed by atoms with Gasteiger partial charge in [0.1, 0.15) is 0 Å². The average Bonchev–Trinajstić information content (AvgIpc) is 3.52. The van der Waals surface area contributed by atoms with Gasteiger partial charge in [-0.05, 0) is 70.4 Å². The Morgan fingerprint density at radius 2 is 1.69 bits per heavy atom. The predicted molar refractivity (Wildman–Crippen MR) is 142 cm³/mol. The minimum Gasteiger partial charge on any atom is -0.252 e. The molecule has 2 aliphatic rings. The summed E-state index contributed by atoms with van der Waals surface area (Å²) in [5.74, 6) is 0.0858. The van der Waals surface area contributed by atoms with Crippen molar-refractivity contribution in [1.29, 1.82) is 0 Å². The van der Waals surface area contributed by atoms with Gasteiger partial charge in [0.2, 0.25) is 5.95 Å². The van der Waals surface area contributed by atoms with Crippen molar-refractivity contribution >= 4 is 40.1 Å². The van der Waals surface area contributed by atoms with Gasteiger partial charge < -0.3 is 0 Å². The number of hydrogen-bond acceptors (Lipinski definition) is 3. The van der Waals surface area contributed by atoms with Gasteiger partial charge in [-0.15, -0.1) is 0 Å². The Labute approximate surface area is 203 Å². The Balaban J connectivity index is 1.50. The highest BCUT2D eigenvalue weighted by Gasteiger charge is 2.27. The summed E-state index contributed by atoms with van der Waals surface area (Å²) in [4.78, 5) is 0. The third-order valence-electron chi connectivity index (χ3n) is 6.90. The van der Waals surface area contributed by atoms with Crippen molar-refractivity contribution in [3.63, 3.8) is 0 Å². The Kier molecular flexibility index (Phi) is 5.67. The average molecular weight is 461 g/mol. The van der Waals surface area contributed by atoms with Crippen molar-refractivity contribution in [3.8, 4) is 0 Å². The molecule has 6 rings (SSSR count). The van der Waals surface area contributed by atoms with E-state index in [0.717, 1.165) is 34.4 Å². The van der Waals surface area contributed by atoms with Gasteiger partial charge >= 0.3 is 0 Å². The molecule has 1 N–H and O–H groups in total. The number of aromatic nitrogens is 2. The van der Waals surface area contributed by atoms with Crippen LogP contribution in [-0.4, -0.2) is 22.1 Å². The quantitative estimate of drug-likeness (QED) is 0.302. The summed E-state index contributed by atoms with van der Waals surface area (Å²) < 4.78 is 14.5. The second-order valence-electron chi connectivity index (χ2n) is 9.10. The molecule has 3 aromatic carbocycles. The van der Waals surface area contributed by atoms with E-state index in [4.69, 9.17) is 0 Å². The molecule has 4 aromatic rings. The highest BCUT2D eigenvalue weighted by molar-refractivity contribution is 6.07. The maximum absolute atomic E-state index is 14.5. The molecule has 5 heteroatoms. The fourth-order valence-corrected chi connectivity index (χ4v) is 4.86. The van der Waals surface area contributed by atoms with E-state index in [-0.39, 0.29) is 0 Å². The number of aromatic amines is 1. The minimum absolute atomic E-state index is 0.398. The lowest BCUT2D eigenvalue weighted by Crippen LogP contribution is -2.15. The van der Waals surface area contributed by atoms with Gasteiger partial charge in [-0.1, -0.05) is 73.2 Å². The van der Waals surface area contributed by atoms with E-state index in [1.54, 1.807) is 0 Å². The molecule has 35 heavy (non-hydrogen) atoms. The third-order valence-corrected chi connectivity index (χ3v) is 6.90. The number of nitrogens with zero attached hydrogens (tertiary/aromatic N) is 3. The van der Waals surface area contributed by atoms with Gasteiger partial charge in [-0.3, -0.25) is 5.10 Å². The highest BCUT2D eigenvalue weighted by Crippen LogP contribution is 2.45. The fourth-order valence-electron chi connectivity index (χ4n) is 4.86. The van der Waals surface area contributed by atoms with Gasteiger partial charge in [0.15, 0.2) is 0 Å². The van der Waals surface area contributed by atoms with E-state index in [2.05, 4.69) is 87.1 Å². The Morgan fingerprint density at radius 1 is 0.886 bits per heavy atom. The zero-order chi connectivity index (χ0) is 23.6. The van der Waals surface area contributed by atoms with Crippen LogP contribution in [0.3, 0.4) is 0 Å². The fraction of sp³-hybridized carbons (Fsp3) is 0.167. The standard InChI is InChI=1S/C30H25FN4/c31-30-26-19-24(14-16-27(26)34-35-30)29(28(22-7-4-8-22)21-5-2-1-3-6-21)23-12-9-20(10-13-23)11-15-25-17-18-32-33-25/h1-3,5-6,9-16,18-19,22H,4,7-8,17H2,(H,34,35)/b15-11+,29-28-. The lowest BCUT2D eigenvalue weighted by Gasteiger charge is -2.31. The molecule has 1 aromatic heterocycles. The van der Waals surface area contributed by atoms with Gasteiger partial charge in [0.05, 0.1) is 16.6 Å². The molecule has 0 spiro atoms. The zero-order valence-corrected chi connectivity index (χ0v) is 19.3. The van der Waals surface area contributed by atoms with E-state index >= 15 is 0 Å². The largest absolute Gasteiger partial charge is 0.252 e. The van der Waals surface area contributed by atoms with Crippen molar-refractivity contribution in [2.24, 2.45) is 16.1 Å². The van der Waals surface area contributed by atoms with Crippen LogP contribution in [0.5, 0.6) is 0 Å². The molecule has 0 unspecified atom stereocenters. The van der Waals surface area contributed by atoms with Crippen LogP contribution in [0.25, 0.3) is 28.1 Å². The Hall–Kier alpha value is -4.12. The molecule has 1 saturated carbocycles. The van der Waals surface area contributed by atoms with Crippen LogP contribution in [0.1, 0.15) is 47.9 Å². The van der Waals surface area contributed by atoms with Crippen molar-refractivity contribution in [3.05, 3.63) is 107 Å². The maximum Gasteiger partial charge on any atom is 0.216 e. The topological polar surface area (TPSA) is 53.4 Å². The minimum atomic E-state index is -0.398. The molecule has 1 aliphatic carbocycles. The molecule has 0 radical (unpaired) electrons. The van der Waals surface area contributed by atoms with Crippen LogP contribution in [-0.2, 0) is 0 Å². The number of fused-ring (bicyclic) bond motifs is 1. The van der Waals surface area contributed by atoms with Crippen LogP contribution in [0, 0.1) is 11.9 Å². The summed E-state index contributed by atoms with van der Waals surface area (Å²) in [6.07, 6.45) is 10.2. The molecular weight excluding hydrogens is 435 g/mol. The molecule has 1 aliphatic heterocycles. The normalized spacial score (nSPS) is 16.5. The number of benzene rings is 3. The first-order valence-corrected chi connectivity index (χ1v) is 12.1. The summed E-state index contributed by atoms with van der Waals surface area (Å²) in [7, 11) is 0. The molecular formula is C30H25FN4. The zero-order valence-electron chi connectivity index (χ0n) is 19.3. The van der Waals surface area contributed by atoms with Crippen molar-refractivity contribution < 1.29 is 4.39 Å². The number of nitrogens with one attached hydrogen (secondary N) is 1. The Bertz CT molecular complexity index is 1490. The van der Waals surface area contributed by atoms with Crippen molar-refractivity contribution in [1.82, 2.24) is 10.2 Å². The van der Waals surface area contributed by atoms with E-state index in [9.17, 15) is 4.39 Å². The smallest absolute Gasteiger partial charge is 0.216 e. The van der Waals surface area contributed by atoms with Crippen LogP contribution in [0.2, 0.25) is 0 Å². The molecule has 0 amide bonds. The second kappa shape index (κ2) is 9.26. The molecule has 2 heterocycles. The number of hydrogen-bond donors (Lipinski definition) is 1. The molecule has 172 valence electrons. The first-order valence-electron chi connectivity index (χ1n) is 12.1. The van der Waals surface area contributed by atoms with Gasteiger partial charge in [0, 0.05) is 12.6 Å². The summed E-state index contributed by atoms with van der Waals surface area (Å²) in [5.41, 5.74) is 8.54. The third kappa shape index (κ3) is 4.26. The van der Waals surface area contributed by atoms with E-state index in [0.29, 0.717) is 16.8 Å². The molecule has 1 fully saturated rings. The van der Waals surface area contributed by atoms with Gasteiger partial charge in [0.25, 0.3) is 0 Å². The first kappa shape index (κ1) is 21.4. The monoisotopic (exact) mass is 460 g/mol. The maximum atomic E-state index is 14.5. The summed E-state index contributed by atoms with van der Waals surface area (Å²) in [6.45, 7) is 0. The SMILES string of the molecule is Fc1[nH]nc2ccc(/C(=C(/c3ccccc3)C3CCC3)c3ccc(/C=C/C4=NN=CC4)cc3)cc12. The first-order chi connectivity index (χ1) is 17.3. The van der Waals surface area contributed by atoms with Crippen molar-refractivity contribution in [2.45, 2.75) is 25.7 Å². The summed E-state index contributed by atoms with van der Waals surface area (Å²) >= 11 is 0. The molecule has 0 atom stereocenters. The predicted octanol–water partition coefficient (Wildman–Crippen LogP) is 7.30. The van der Waals surface area contributed by atoms with Crippen LogP contribution < -0.4 is 0 Å². The lowest BCUT2D eigenvalue weighted by atomic mass is 9.73. The molecule has 0 bridgehead atoms. The van der Waals surface area contributed by atoms with Crippen LogP contribution in [0.4, 0.5) is 4.39 Å². The van der Waals surface area contributed by atoms with E-state index in [1.807, 2.05) is 24.4 Å². The van der Waals surface area contributed by atoms with Gasteiger partial charge in [-0.25, -0.2) is 0 Å². The number of rotatable bonds is 6. The van der Waals surface area contributed by atoms with E-state index < -0.39 is 5.95 Å². The molecule has 0 saturated heterocycles. The van der Waals surface area contributed by atoms with Crippen molar-refractivity contribution in [2.75, 3.05) is 0 Å². The number of H-pyrrole nitrogens is 1. The summed E-state index contributed by atoms with van der Waals surface area (Å²) in [6, 6.07) is 25.1. The number of halogens is 1. The van der Waals surface area contributed by atoms with E-state index in [1.165, 1.54) is 30.4 Å². The van der Waals surface area contributed by atoms with Crippen LogP contribution >= 0.6 is 0 Å². The number of allylic oxidation sites excluding steroid dienone is 2. The Morgan fingerprint density at radius 3 is 2.40 bits per heavy atom. The summed E-state index contributed by atoms with van der Waals surface area (Å²) in [5, 5.41) is 15.1. The van der Waals surface area contributed by atoms with Crippen LogP contribution in [0.15, 0.2) is 89.1 Å². The molecule has 4 nitrogen and oxygen atoms in total. The van der Waals surface area contributed by atoms with Gasteiger partial charge in [-0.2, -0.15) is 19.7 Å². The highest BCUT2D eigenvalue weighted by atomic mass is 19.1.